The van der Waals surface area contributed by atoms with E-state index in [1.807, 2.05) is 32.9 Å². The van der Waals surface area contributed by atoms with Gasteiger partial charge in [-0.1, -0.05) is 23.8 Å². The lowest BCUT2D eigenvalue weighted by atomic mass is 10.1. The number of carbonyl (C=O) groups is 1. The van der Waals surface area contributed by atoms with E-state index in [1.54, 1.807) is 24.5 Å². The van der Waals surface area contributed by atoms with Gasteiger partial charge in [0.1, 0.15) is 0 Å². The Kier molecular flexibility index (Phi) is 5.92. The molecule has 0 aliphatic carbocycles. The Balaban J connectivity index is 2.15. The largest absolute Gasteiger partial charge is 0.324 e. The van der Waals surface area contributed by atoms with Crippen molar-refractivity contribution in [1.29, 1.82) is 0 Å². The number of benzene rings is 1. The standard InChI is InChI=1S/C18H23N3O3S/c1-13-8-14(2)18(15(3)9-13)20-17(22)12-21(25(4,23)24)11-16-6-5-7-19-10-16/h5-10H,11-12H2,1-4H3,(H,20,22). The van der Waals surface area contributed by atoms with Gasteiger partial charge in [-0.25, -0.2) is 8.42 Å². The number of nitrogens with zero attached hydrogens (tertiary/aromatic N) is 2. The summed E-state index contributed by atoms with van der Waals surface area (Å²) < 4.78 is 25.2. The van der Waals surface area contributed by atoms with E-state index < -0.39 is 10.0 Å². The number of hydrogen-bond donors (Lipinski definition) is 1. The third-order valence-corrected chi connectivity index (χ3v) is 5.01. The molecule has 25 heavy (non-hydrogen) atoms. The van der Waals surface area contributed by atoms with Crippen LogP contribution in [0.4, 0.5) is 5.69 Å². The number of amides is 1. The molecule has 1 amide bonds. The lowest BCUT2D eigenvalue weighted by Crippen LogP contribution is -2.37. The summed E-state index contributed by atoms with van der Waals surface area (Å²) >= 11 is 0. The molecule has 1 N–H and O–H groups in total. The van der Waals surface area contributed by atoms with Crippen molar-refractivity contribution >= 4 is 21.6 Å². The summed E-state index contributed by atoms with van der Waals surface area (Å²) in [4.78, 5) is 16.4. The molecule has 0 saturated carbocycles. The normalized spacial score (nSPS) is 11.6. The molecule has 0 aliphatic heterocycles. The van der Waals surface area contributed by atoms with Gasteiger partial charge in [-0.15, -0.1) is 0 Å². The first kappa shape index (κ1) is 19.1. The van der Waals surface area contributed by atoms with E-state index in [0.717, 1.165) is 38.5 Å². The number of nitrogens with one attached hydrogen (secondary N) is 1. The highest BCUT2D eigenvalue weighted by Gasteiger charge is 2.21. The average molecular weight is 361 g/mol. The molecular formula is C18H23N3O3S. The molecule has 2 aromatic rings. The molecule has 0 aliphatic rings. The molecule has 0 bridgehead atoms. The lowest BCUT2D eigenvalue weighted by Gasteiger charge is -2.20. The fourth-order valence-electron chi connectivity index (χ4n) is 2.70. The Hall–Kier alpha value is -2.25. The van der Waals surface area contributed by atoms with Crippen LogP contribution in [0, 0.1) is 20.8 Å². The van der Waals surface area contributed by atoms with Crippen molar-refractivity contribution in [2.45, 2.75) is 27.3 Å². The first-order chi connectivity index (χ1) is 11.7. The zero-order valence-corrected chi connectivity index (χ0v) is 15.7. The number of sulfonamides is 1. The third kappa shape index (κ3) is 5.37. The van der Waals surface area contributed by atoms with Crippen molar-refractivity contribution in [2.75, 3.05) is 18.1 Å². The zero-order chi connectivity index (χ0) is 18.6. The molecule has 1 aromatic heterocycles. The lowest BCUT2D eigenvalue weighted by molar-refractivity contribution is -0.116. The summed E-state index contributed by atoms with van der Waals surface area (Å²) in [6.45, 7) is 5.68. The number of pyridine rings is 1. The second kappa shape index (κ2) is 7.76. The molecule has 7 heteroatoms. The molecule has 0 radical (unpaired) electrons. The second-order valence-electron chi connectivity index (χ2n) is 6.21. The zero-order valence-electron chi connectivity index (χ0n) is 14.9. The van der Waals surface area contributed by atoms with Gasteiger partial charge in [0.2, 0.25) is 15.9 Å². The topological polar surface area (TPSA) is 79.4 Å². The smallest absolute Gasteiger partial charge is 0.239 e. The second-order valence-corrected chi connectivity index (χ2v) is 8.20. The van der Waals surface area contributed by atoms with Crippen LogP contribution in [-0.4, -0.2) is 36.4 Å². The maximum absolute atomic E-state index is 12.4. The van der Waals surface area contributed by atoms with E-state index in [4.69, 9.17) is 0 Å². The van der Waals surface area contributed by atoms with Crippen LogP contribution in [0.1, 0.15) is 22.3 Å². The van der Waals surface area contributed by atoms with Gasteiger partial charge in [0, 0.05) is 24.6 Å². The molecule has 1 aromatic carbocycles. The molecule has 134 valence electrons. The number of rotatable bonds is 6. The molecular weight excluding hydrogens is 338 g/mol. The highest BCUT2D eigenvalue weighted by atomic mass is 32.2. The Morgan fingerprint density at radius 3 is 2.36 bits per heavy atom. The average Bonchev–Trinajstić information content (AvgIpc) is 2.50. The highest BCUT2D eigenvalue weighted by molar-refractivity contribution is 7.88. The molecule has 0 atom stereocenters. The van der Waals surface area contributed by atoms with Crippen molar-refractivity contribution in [3.8, 4) is 0 Å². The Bertz CT molecular complexity index is 841. The molecule has 2 rings (SSSR count). The number of anilines is 1. The fourth-order valence-corrected chi connectivity index (χ4v) is 3.44. The molecule has 0 unspecified atom stereocenters. The van der Waals surface area contributed by atoms with E-state index in [9.17, 15) is 13.2 Å². The van der Waals surface area contributed by atoms with E-state index in [0.29, 0.717) is 0 Å². The Morgan fingerprint density at radius 1 is 1.20 bits per heavy atom. The summed E-state index contributed by atoms with van der Waals surface area (Å²) in [5, 5.41) is 2.83. The van der Waals surface area contributed by atoms with Gasteiger partial charge in [0.25, 0.3) is 0 Å². The summed E-state index contributed by atoms with van der Waals surface area (Å²) in [7, 11) is -3.53. The Labute approximate surface area is 148 Å². The number of hydrogen-bond acceptors (Lipinski definition) is 4. The first-order valence-corrected chi connectivity index (χ1v) is 9.73. The predicted octanol–water partition coefficient (Wildman–Crippen LogP) is 2.41. The Morgan fingerprint density at radius 2 is 1.84 bits per heavy atom. The first-order valence-electron chi connectivity index (χ1n) is 7.88. The van der Waals surface area contributed by atoms with Crippen LogP contribution < -0.4 is 5.32 Å². The van der Waals surface area contributed by atoms with Gasteiger partial charge in [-0.05, 0) is 43.5 Å². The van der Waals surface area contributed by atoms with Gasteiger partial charge >= 0.3 is 0 Å². The number of aryl methyl sites for hydroxylation is 3. The van der Waals surface area contributed by atoms with Crippen molar-refractivity contribution < 1.29 is 13.2 Å². The summed E-state index contributed by atoms with van der Waals surface area (Å²) in [5.74, 6) is -0.371. The third-order valence-electron chi connectivity index (χ3n) is 3.81. The molecule has 6 nitrogen and oxygen atoms in total. The maximum atomic E-state index is 12.4. The predicted molar refractivity (Wildman–Crippen MR) is 98.8 cm³/mol. The maximum Gasteiger partial charge on any atom is 0.239 e. The van der Waals surface area contributed by atoms with E-state index in [-0.39, 0.29) is 19.0 Å². The molecule has 0 fully saturated rings. The van der Waals surface area contributed by atoms with Crippen molar-refractivity contribution in [3.05, 3.63) is 58.9 Å². The summed E-state index contributed by atoms with van der Waals surface area (Å²) in [6.07, 6.45) is 4.30. The minimum absolute atomic E-state index is 0.103. The van der Waals surface area contributed by atoms with Crippen molar-refractivity contribution in [3.63, 3.8) is 0 Å². The van der Waals surface area contributed by atoms with Crippen LogP contribution in [0.2, 0.25) is 0 Å². The van der Waals surface area contributed by atoms with Crippen LogP contribution in [0.3, 0.4) is 0 Å². The summed E-state index contributed by atoms with van der Waals surface area (Å²) in [5.41, 5.74) is 4.46. The van der Waals surface area contributed by atoms with Gasteiger partial charge in [-0.2, -0.15) is 4.31 Å². The molecule has 1 heterocycles. The van der Waals surface area contributed by atoms with Gasteiger partial charge in [0.05, 0.1) is 12.8 Å². The van der Waals surface area contributed by atoms with Crippen LogP contribution in [0.25, 0.3) is 0 Å². The number of carbonyl (C=O) groups excluding carboxylic acids is 1. The molecule has 0 saturated heterocycles. The van der Waals surface area contributed by atoms with Crippen LogP contribution >= 0.6 is 0 Å². The quantitative estimate of drug-likeness (QED) is 0.857. The minimum atomic E-state index is -3.53. The SMILES string of the molecule is Cc1cc(C)c(NC(=O)CN(Cc2cccnc2)S(C)(=O)=O)c(C)c1. The van der Waals surface area contributed by atoms with Gasteiger partial charge in [-0.3, -0.25) is 9.78 Å². The van der Waals surface area contributed by atoms with Crippen LogP contribution in [0.5, 0.6) is 0 Å². The van der Waals surface area contributed by atoms with Crippen molar-refractivity contribution in [2.24, 2.45) is 0 Å². The van der Waals surface area contributed by atoms with Crippen LogP contribution in [0.15, 0.2) is 36.7 Å². The van der Waals surface area contributed by atoms with E-state index in [2.05, 4.69) is 10.3 Å². The number of aromatic nitrogens is 1. The molecule has 0 spiro atoms. The van der Waals surface area contributed by atoms with Crippen molar-refractivity contribution in [1.82, 2.24) is 9.29 Å². The van der Waals surface area contributed by atoms with Gasteiger partial charge in [0.15, 0.2) is 0 Å². The van der Waals surface area contributed by atoms with Crippen LogP contribution in [-0.2, 0) is 21.4 Å². The monoisotopic (exact) mass is 361 g/mol. The van der Waals surface area contributed by atoms with Gasteiger partial charge < -0.3 is 5.32 Å². The van der Waals surface area contributed by atoms with E-state index >= 15 is 0 Å². The van der Waals surface area contributed by atoms with E-state index in [1.165, 1.54) is 0 Å². The fraction of sp³-hybridized carbons (Fsp3) is 0.333. The summed E-state index contributed by atoms with van der Waals surface area (Å²) in [6, 6.07) is 7.46. The highest BCUT2D eigenvalue weighted by Crippen LogP contribution is 2.22. The minimum Gasteiger partial charge on any atom is -0.324 e.